The molecule has 3 aromatic carbocycles. The lowest BCUT2D eigenvalue weighted by Crippen LogP contribution is -2.30. The summed E-state index contributed by atoms with van der Waals surface area (Å²) in [5, 5.41) is 5.61. The quantitative estimate of drug-likeness (QED) is 0.346. The maximum atomic E-state index is 13.4. The van der Waals surface area contributed by atoms with Gasteiger partial charge in [0.05, 0.1) is 6.04 Å². The molecule has 1 atom stereocenters. The van der Waals surface area contributed by atoms with Gasteiger partial charge in [0.2, 0.25) is 0 Å². The Kier molecular flexibility index (Phi) is 6.00. The largest absolute Gasteiger partial charge is 0.360 e. The summed E-state index contributed by atoms with van der Waals surface area (Å²) in [5.41, 5.74) is 3.57. The monoisotopic (exact) mass is 422 g/mol. The van der Waals surface area contributed by atoms with Crippen LogP contribution in [0.1, 0.15) is 27.5 Å². The summed E-state index contributed by atoms with van der Waals surface area (Å²) in [6.45, 7) is 0.606. The molecule has 0 fully saturated rings. The standard InChI is InChI=1S/C24H20Cl2N2O/c25-18-11-10-16(21(26)14-18)12-13-27-23(17-6-2-1-3-7-17)24(29)20-15-28-22-9-5-4-8-19(20)22/h1-11,14-15,23,27-28H,12-13H2/t23-/m1/s1. The molecular formula is C24H20Cl2N2O. The number of para-hydroxylation sites is 1. The van der Waals surface area contributed by atoms with Crippen LogP contribution in [0.15, 0.2) is 79.0 Å². The zero-order valence-corrected chi connectivity index (χ0v) is 17.2. The van der Waals surface area contributed by atoms with E-state index in [0.29, 0.717) is 28.6 Å². The van der Waals surface area contributed by atoms with Crippen molar-refractivity contribution in [3.8, 4) is 0 Å². The molecule has 0 amide bonds. The topological polar surface area (TPSA) is 44.9 Å². The Bertz CT molecular complexity index is 1140. The molecule has 0 aliphatic carbocycles. The van der Waals surface area contributed by atoms with E-state index < -0.39 is 6.04 Å². The predicted molar refractivity (Wildman–Crippen MR) is 120 cm³/mol. The van der Waals surface area contributed by atoms with Crippen LogP contribution in [0.25, 0.3) is 10.9 Å². The summed E-state index contributed by atoms with van der Waals surface area (Å²) in [4.78, 5) is 16.6. The molecule has 0 spiro atoms. The van der Waals surface area contributed by atoms with Gasteiger partial charge < -0.3 is 10.3 Å². The molecule has 0 saturated heterocycles. The summed E-state index contributed by atoms with van der Waals surface area (Å²) < 4.78 is 0. The normalized spacial score (nSPS) is 12.2. The Balaban J connectivity index is 1.58. The number of carbonyl (C=O) groups excluding carboxylic acids is 1. The number of H-pyrrole nitrogens is 1. The third-order valence-corrected chi connectivity index (χ3v) is 5.59. The van der Waals surface area contributed by atoms with Gasteiger partial charge in [-0.1, -0.05) is 77.8 Å². The van der Waals surface area contributed by atoms with E-state index >= 15 is 0 Å². The number of hydrogen-bond acceptors (Lipinski definition) is 2. The summed E-state index contributed by atoms with van der Waals surface area (Å²) in [7, 11) is 0. The predicted octanol–water partition coefficient (Wildman–Crippen LogP) is 6.23. The van der Waals surface area contributed by atoms with Gasteiger partial charge in [0.15, 0.2) is 5.78 Å². The zero-order valence-electron chi connectivity index (χ0n) is 15.7. The minimum Gasteiger partial charge on any atom is -0.360 e. The SMILES string of the molecule is O=C(c1c[nH]c2ccccc12)[C@H](NCCc1ccc(Cl)cc1Cl)c1ccccc1. The average molecular weight is 423 g/mol. The minimum atomic E-state index is -0.443. The lowest BCUT2D eigenvalue weighted by Gasteiger charge is -2.18. The summed E-state index contributed by atoms with van der Waals surface area (Å²) in [5.74, 6) is 0.0378. The fourth-order valence-corrected chi connectivity index (χ4v) is 4.02. The highest BCUT2D eigenvalue weighted by molar-refractivity contribution is 6.35. The molecule has 0 saturated carbocycles. The van der Waals surface area contributed by atoms with E-state index in [9.17, 15) is 4.79 Å². The molecule has 2 N–H and O–H groups in total. The number of hydrogen-bond donors (Lipinski definition) is 2. The highest BCUT2D eigenvalue weighted by Crippen LogP contribution is 2.25. The van der Waals surface area contributed by atoms with Gasteiger partial charge in [-0.15, -0.1) is 0 Å². The molecule has 0 unspecified atom stereocenters. The molecular weight excluding hydrogens is 403 g/mol. The minimum absolute atomic E-state index is 0.0378. The van der Waals surface area contributed by atoms with Gasteiger partial charge in [-0.3, -0.25) is 4.79 Å². The second-order valence-electron chi connectivity index (χ2n) is 6.90. The fraction of sp³-hybridized carbons (Fsp3) is 0.125. The van der Waals surface area contributed by atoms with Gasteiger partial charge >= 0.3 is 0 Å². The Morgan fingerprint density at radius 2 is 1.72 bits per heavy atom. The molecule has 0 radical (unpaired) electrons. The van der Waals surface area contributed by atoms with Crippen molar-refractivity contribution in [3.05, 3.63) is 106 Å². The second-order valence-corrected chi connectivity index (χ2v) is 7.74. The van der Waals surface area contributed by atoms with Gasteiger partial charge in [0.25, 0.3) is 0 Å². The highest BCUT2D eigenvalue weighted by Gasteiger charge is 2.23. The first-order valence-corrected chi connectivity index (χ1v) is 10.2. The lowest BCUT2D eigenvalue weighted by molar-refractivity contribution is 0.0945. The molecule has 29 heavy (non-hydrogen) atoms. The van der Waals surface area contributed by atoms with Crippen LogP contribution in [0.2, 0.25) is 10.0 Å². The van der Waals surface area contributed by atoms with Crippen molar-refractivity contribution in [3.63, 3.8) is 0 Å². The molecule has 1 heterocycles. The molecule has 0 aliphatic heterocycles. The van der Waals surface area contributed by atoms with Gasteiger partial charge in [-0.25, -0.2) is 0 Å². The first-order chi connectivity index (χ1) is 14.1. The molecule has 5 heteroatoms. The van der Waals surface area contributed by atoms with Crippen LogP contribution >= 0.6 is 23.2 Å². The fourth-order valence-electron chi connectivity index (χ4n) is 3.51. The molecule has 4 aromatic rings. The first kappa shape index (κ1) is 19.7. The average Bonchev–Trinajstić information content (AvgIpc) is 3.17. The van der Waals surface area contributed by atoms with Crippen molar-refractivity contribution >= 4 is 39.9 Å². The number of carbonyl (C=O) groups is 1. The van der Waals surface area contributed by atoms with Crippen molar-refractivity contribution in [1.82, 2.24) is 10.3 Å². The van der Waals surface area contributed by atoms with E-state index in [2.05, 4.69) is 10.3 Å². The number of benzene rings is 3. The Hall–Kier alpha value is -2.59. The number of ketones is 1. The lowest BCUT2D eigenvalue weighted by atomic mass is 9.96. The molecule has 0 aliphatic rings. The zero-order chi connectivity index (χ0) is 20.2. The van der Waals surface area contributed by atoms with Crippen molar-refractivity contribution in [2.75, 3.05) is 6.54 Å². The number of nitrogens with one attached hydrogen (secondary N) is 2. The van der Waals surface area contributed by atoms with E-state index in [4.69, 9.17) is 23.2 Å². The maximum Gasteiger partial charge on any atom is 0.186 e. The van der Waals surface area contributed by atoms with Crippen molar-refractivity contribution < 1.29 is 4.79 Å². The van der Waals surface area contributed by atoms with Crippen LogP contribution in [0.5, 0.6) is 0 Å². The van der Waals surface area contributed by atoms with Crippen LogP contribution in [0.4, 0.5) is 0 Å². The van der Waals surface area contributed by atoms with Crippen LogP contribution in [-0.2, 0) is 6.42 Å². The maximum absolute atomic E-state index is 13.4. The smallest absolute Gasteiger partial charge is 0.186 e. The van der Waals surface area contributed by atoms with Gasteiger partial charge in [0.1, 0.15) is 0 Å². The summed E-state index contributed by atoms with van der Waals surface area (Å²) in [6.07, 6.45) is 2.49. The number of fused-ring (bicyclic) bond motifs is 1. The van der Waals surface area contributed by atoms with Crippen LogP contribution in [-0.4, -0.2) is 17.3 Å². The highest BCUT2D eigenvalue weighted by atomic mass is 35.5. The Morgan fingerprint density at radius 3 is 2.52 bits per heavy atom. The summed E-state index contributed by atoms with van der Waals surface area (Å²) in [6, 6.07) is 22.7. The van der Waals surface area contributed by atoms with Crippen molar-refractivity contribution in [2.24, 2.45) is 0 Å². The number of halogens is 2. The molecule has 0 bridgehead atoms. The number of rotatable bonds is 7. The van der Waals surface area contributed by atoms with E-state index in [0.717, 1.165) is 22.0 Å². The van der Waals surface area contributed by atoms with E-state index in [1.165, 1.54) is 0 Å². The van der Waals surface area contributed by atoms with Crippen LogP contribution in [0.3, 0.4) is 0 Å². The number of Topliss-reactive ketones (excluding diaryl/α,β-unsaturated/α-hetero) is 1. The van der Waals surface area contributed by atoms with Gasteiger partial charge in [-0.05, 0) is 35.7 Å². The van der Waals surface area contributed by atoms with Gasteiger partial charge in [0, 0.05) is 39.3 Å². The number of aromatic nitrogens is 1. The van der Waals surface area contributed by atoms with E-state index in [-0.39, 0.29) is 5.78 Å². The number of aromatic amines is 1. The van der Waals surface area contributed by atoms with Crippen LogP contribution < -0.4 is 5.32 Å². The Morgan fingerprint density at radius 1 is 0.966 bits per heavy atom. The molecule has 146 valence electrons. The molecule has 1 aromatic heterocycles. The summed E-state index contributed by atoms with van der Waals surface area (Å²) >= 11 is 12.3. The Labute approximate surface area is 179 Å². The molecule has 3 nitrogen and oxygen atoms in total. The first-order valence-electron chi connectivity index (χ1n) is 9.46. The molecule has 4 rings (SSSR count). The third-order valence-electron chi connectivity index (χ3n) is 5.01. The second kappa shape index (κ2) is 8.83. The van der Waals surface area contributed by atoms with E-state index in [1.807, 2.05) is 66.7 Å². The van der Waals surface area contributed by atoms with Gasteiger partial charge in [-0.2, -0.15) is 0 Å². The van der Waals surface area contributed by atoms with Crippen molar-refractivity contribution in [1.29, 1.82) is 0 Å². The third kappa shape index (κ3) is 4.38. The van der Waals surface area contributed by atoms with E-state index in [1.54, 1.807) is 12.3 Å². The van der Waals surface area contributed by atoms with Crippen LogP contribution in [0, 0.1) is 0 Å². The van der Waals surface area contributed by atoms with Crippen molar-refractivity contribution in [2.45, 2.75) is 12.5 Å².